The van der Waals surface area contributed by atoms with Crippen molar-refractivity contribution < 1.29 is 9.90 Å². The topological polar surface area (TPSA) is 64.6 Å². The molecule has 0 bridgehead atoms. The third kappa shape index (κ3) is 5.54. The number of nitrogens with zero attached hydrogens (tertiary/aromatic N) is 1. The lowest BCUT2D eigenvalue weighted by Crippen LogP contribution is -2.44. The van der Waals surface area contributed by atoms with E-state index in [1.807, 2.05) is 44.6 Å². The van der Waals surface area contributed by atoms with Gasteiger partial charge in [0.2, 0.25) is 0 Å². The molecule has 0 aliphatic heterocycles. The predicted octanol–water partition coefficient (Wildman–Crippen LogP) is 2.99. The molecule has 2 aromatic rings. The summed E-state index contributed by atoms with van der Waals surface area (Å²) in [7, 11) is 4.02. The van der Waals surface area contributed by atoms with Crippen LogP contribution in [0, 0.1) is 0 Å². The first kappa shape index (κ1) is 18.3. The van der Waals surface area contributed by atoms with Gasteiger partial charge >= 0.3 is 6.03 Å². The first-order valence-electron chi connectivity index (χ1n) is 7.98. The fraction of sp³-hybridized carbons (Fsp3) is 0.389. The minimum absolute atomic E-state index is 0.00841. The van der Waals surface area contributed by atoms with Crippen molar-refractivity contribution in [3.05, 3.63) is 52.2 Å². The number of aromatic hydroxyl groups is 1. The number of urea groups is 1. The molecule has 0 spiro atoms. The number of carbonyl (C=O) groups excluding carboxylic acids is 1. The van der Waals surface area contributed by atoms with Gasteiger partial charge in [-0.3, -0.25) is 0 Å². The van der Waals surface area contributed by atoms with Gasteiger partial charge in [0.15, 0.2) is 0 Å². The van der Waals surface area contributed by atoms with Crippen molar-refractivity contribution in [2.24, 2.45) is 0 Å². The summed E-state index contributed by atoms with van der Waals surface area (Å²) in [5.74, 6) is 0.250. The van der Waals surface area contributed by atoms with Gasteiger partial charge in [-0.15, -0.1) is 11.3 Å². The Kier molecular flexibility index (Phi) is 6.63. The van der Waals surface area contributed by atoms with Gasteiger partial charge in [0.1, 0.15) is 5.75 Å². The van der Waals surface area contributed by atoms with E-state index in [1.165, 1.54) is 4.88 Å². The van der Waals surface area contributed by atoms with Gasteiger partial charge in [-0.05, 0) is 56.6 Å². The second-order valence-electron chi connectivity index (χ2n) is 6.12. The van der Waals surface area contributed by atoms with Crippen molar-refractivity contribution in [1.82, 2.24) is 15.5 Å². The van der Waals surface area contributed by atoms with Crippen LogP contribution in [0.15, 0.2) is 41.8 Å². The van der Waals surface area contributed by atoms with Crippen LogP contribution < -0.4 is 10.6 Å². The van der Waals surface area contributed by atoms with Crippen molar-refractivity contribution in [2.75, 3.05) is 20.6 Å². The molecule has 5 nitrogen and oxygen atoms in total. The Morgan fingerprint density at radius 3 is 2.54 bits per heavy atom. The summed E-state index contributed by atoms with van der Waals surface area (Å²) in [6.07, 6.45) is 0.718. The van der Waals surface area contributed by atoms with E-state index >= 15 is 0 Å². The highest BCUT2D eigenvalue weighted by Crippen LogP contribution is 2.22. The molecule has 2 amide bonds. The van der Waals surface area contributed by atoms with E-state index in [1.54, 1.807) is 23.5 Å². The molecule has 2 atom stereocenters. The second-order valence-corrected chi connectivity index (χ2v) is 7.10. The van der Waals surface area contributed by atoms with Crippen LogP contribution in [0.2, 0.25) is 0 Å². The molecule has 0 unspecified atom stereocenters. The van der Waals surface area contributed by atoms with Crippen molar-refractivity contribution in [2.45, 2.75) is 25.4 Å². The molecule has 0 aliphatic rings. The quantitative estimate of drug-likeness (QED) is 0.721. The number of benzene rings is 1. The Morgan fingerprint density at radius 1 is 1.25 bits per heavy atom. The number of hydrogen-bond donors (Lipinski definition) is 3. The maximum absolute atomic E-state index is 12.1. The predicted molar refractivity (Wildman–Crippen MR) is 98.6 cm³/mol. The standard InChI is InChI=1S/C18H25N3O2S/c1-13(11-14-6-8-15(22)9-7-14)20-18(23)19-12-16(21(2)3)17-5-4-10-24-17/h4-10,13,16,22H,11-12H2,1-3H3,(H2,19,20,23)/t13-,16+/m1/s1. The summed E-state index contributed by atoms with van der Waals surface area (Å²) in [6, 6.07) is 11.2. The maximum Gasteiger partial charge on any atom is 0.315 e. The maximum atomic E-state index is 12.1. The fourth-order valence-electron chi connectivity index (χ4n) is 2.52. The molecule has 1 heterocycles. The van der Waals surface area contributed by atoms with E-state index in [4.69, 9.17) is 0 Å². The molecule has 1 aromatic heterocycles. The summed E-state index contributed by atoms with van der Waals surface area (Å²) in [5.41, 5.74) is 1.07. The third-order valence-corrected chi connectivity index (χ3v) is 4.78. The number of phenols is 1. The molecule has 130 valence electrons. The van der Waals surface area contributed by atoms with Crippen molar-refractivity contribution >= 4 is 17.4 Å². The number of hydrogen-bond acceptors (Lipinski definition) is 4. The summed E-state index contributed by atoms with van der Waals surface area (Å²) < 4.78 is 0. The van der Waals surface area contributed by atoms with Crippen LogP contribution in [0.25, 0.3) is 0 Å². The lowest BCUT2D eigenvalue weighted by molar-refractivity contribution is 0.230. The van der Waals surface area contributed by atoms with Crippen LogP contribution in [-0.2, 0) is 6.42 Å². The third-order valence-electron chi connectivity index (χ3n) is 3.81. The number of phenolic OH excluding ortho intramolecular Hbond substituents is 1. The first-order chi connectivity index (χ1) is 11.5. The molecular weight excluding hydrogens is 322 g/mol. The minimum Gasteiger partial charge on any atom is -0.508 e. The van der Waals surface area contributed by atoms with E-state index in [0.717, 1.165) is 12.0 Å². The number of amides is 2. The Labute approximate surface area is 147 Å². The van der Waals surface area contributed by atoms with E-state index in [9.17, 15) is 9.90 Å². The van der Waals surface area contributed by atoms with Crippen LogP contribution in [0.5, 0.6) is 5.75 Å². The molecule has 0 fully saturated rings. The lowest BCUT2D eigenvalue weighted by atomic mass is 10.1. The largest absolute Gasteiger partial charge is 0.508 e. The van der Waals surface area contributed by atoms with Gasteiger partial charge in [-0.2, -0.15) is 0 Å². The zero-order chi connectivity index (χ0) is 17.5. The molecule has 0 saturated heterocycles. The van der Waals surface area contributed by atoms with Gasteiger partial charge in [0.05, 0.1) is 6.04 Å². The van der Waals surface area contributed by atoms with E-state index in [2.05, 4.69) is 21.6 Å². The van der Waals surface area contributed by atoms with E-state index in [0.29, 0.717) is 6.54 Å². The zero-order valence-electron chi connectivity index (χ0n) is 14.3. The van der Waals surface area contributed by atoms with E-state index < -0.39 is 0 Å². The zero-order valence-corrected chi connectivity index (χ0v) is 15.1. The smallest absolute Gasteiger partial charge is 0.315 e. The van der Waals surface area contributed by atoms with Crippen molar-refractivity contribution in [1.29, 1.82) is 0 Å². The lowest BCUT2D eigenvalue weighted by Gasteiger charge is -2.24. The molecular formula is C18H25N3O2S. The molecule has 2 rings (SSSR count). The average molecular weight is 347 g/mol. The molecule has 0 radical (unpaired) electrons. The fourth-order valence-corrected chi connectivity index (χ4v) is 3.44. The van der Waals surface area contributed by atoms with Crippen LogP contribution in [0.3, 0.4) is 0 Å². The molecule has 0 saturated carbocycles. The Hall–Kier alpha value is -2.05. The first-order valence-corrected chi connectivity index (χ1v) is 8.85. The SMILES string of the molecule is C[C@H](Cc1ccc(O)cc1)NC(=O)NC[C@@H](c1cccs1)N(C)C. The normalized spacial score (nSPS) is 13.5. The average Bonchev–Trinajstić information content (AvgIpc) is 3.03. The minimum atomic E-state index is -0.162. The number of carbonyl (C=O) groups is 1. The number of nitrogens with one attached hydrogen (secondary N) is 2. The summed E-state index contributed by atoms with van der Waals surface area (Å²) in [5, 5.41) is 17.3. The van der Waals surface area contributed by atoms with Crippen LogP contribution in [-0.4, -0.2) is 42.7 Å². The summed E-state index contributed by atoms with van der Waals surface area (Å²) in [6.45, 7) is 2.53. The molecule has 0 aliphatic carbocycles. The van der Waals surface area contributed by atoms with Crippen LogP contribution >= 0.6 is 11.3 Å². The highest BCUT2D eigenvalue weighted by Gasteiger charge is 2.16. The summed E-state index contributed by atoms with van der Waals surface area (Å²) >= 11 is 1.69. The second kappa shape index (κ2) is 8.70. The van der Waals surface area contributed by atoms with Crippen LogP contribution in [0.4, 0.5) is 4.79 Å². The van der Waals surface area contributed by atoms with Gasteiger partial charge in [-0.25, -0.2) is 4.79 Å². The van der Waals surface area contributed by atoms with Crippen molar-refractivity contribution in [3.63, 3.8) is 0 Å². The highest BCUT2D eigenvalue weighted by atomic mass is 32.1. The highest BCUT2D eigenvalue weighted by molar-refractivity contribution is 7.10. The Morgan fingerprint density at radius 2 is 1.96 bits per heavy atom. The molecule has 3 N–H and O–H groups in total. The monoisotopic (exact) mass is 347 g/mol. The molecule has 24 heavy (non-hydrogen) atoms. The summed E-state index contributed by atoms with van der Waals surface area (Å²) in [4.78, 5) is 15.5. The van der Waals surface area contributed by atoms with E-state index in [-0.39, 0.29) is 23.9 Å². The van der Waals surface area contributed by atoms with Gasteiger partial charge < -0.3 is 20.6 Å². The van der Waals surface area contributed by atoms with Crippen LogP contribution in [0.1, 0.15) is 23.4 Å². The van der Waals surface area contributed by atoms with Gasteiger partial charge in [0, 0.05) is 17.5 Å². The molecule has 6 heteroatoms. The Balaban J connectivity index is 1.80. The molecule has 1 aromatic carbocycles. The number of rotatable bonds is 7. The number of likely N-dealkylation sites (N-methyl/N-ethyl adjacent to an activating group) is 1. The van der Waals surface area contributed by atoms with Gasteiger partial charge in [-0.1, -0.05) is 18.2 Å². The Bertz CT molecular complexity index is 626. The van der Waals surface area contributed by atoms with Gasteiger partial charge in [0.25, 0.3) is 0 Å². The van der Waals surface area contributed by atoms with Crippen molar-refractivity contribution in [3.8, 4) is 5.75 Å². The number of thiophene rings is 1.